The maximum atomic E-state index is 13.5. The van der Waals surface area contributed by atoms with Crippen LogP contribution in [0.1, 0.15) is 25.3 Å². The molecule has 0 saturated heterocycles. The molecule has 6 heteroatoms. The van der Waals surface area contributed by atoms with Gasteiger partial charge in [-0.25, -0.2) is 9.37 Å². The minimum atomic E-state index is -0.482. The fraction of sp³-hybridized carbons (Fsp3) is 0.188. The molecular formula is C16H15FN4O. The van der Waals surface area contributed by atoms with Crippen LogP contribution in [-0.4, -0.2) is 20.0 Å². The Balaban J connectivity index is 1.93. The molecule has 0 aliphatic carbocycles. The predicted octanol–water partition coefficient (Wildman–Crippen LogP) is 3.72. The largest absolute Gasteiger partial charge is 0.453 e. The number of pyridine rings is 1. The van der Waals surface area contributed by atoms with Crippen molar-refractivity contribution in [2.24, 2.45) is 0 Å². The lowest BCUT2D eigenvalue weighted by molar-refractivity contribution is 0.464. The third kappa shape index (κ3) is 2.95. The maximum absolute atomic E-state index is 13.5. The molecule has 3 aromatic rings. The lowest BCUT2D eigenvalue weighted by Gasteiger charge is -2.11. The second-order valence-corrected chi connectivity index (χ2v) is 5.12. The second kappa shape index (κ2) is 5.93. The Morgan fingerprint density at radius 2 is 1.77 bits per heavy atom. The third-order valence-electron chi connectivity index (χ3n) is 3.18. The number of ether oxygens (including phenoxy) is 1. The third-order valence-corrected chi connectivity index (χ3v) is 3.18. The summed E-state index contributed by atoms with van der Waals surface area (Å²) in [6.45, 7) is 4.24. The van der Waals surface area contributed by atoms with E-state index in [1.165, 1.54) is 28.8 Å². The quantitative estimate of drug-likeness (QED) is 0.736. The van der Waals surface area contributed by atoms with E-state index in [1.807, 2.05) is 24.3 Å². The van der Waals surface area contributed by atoms with Crippen molar-refractivity contribution in [3.05, 3.63) is 60.3 Å². The summed E-state index contributed by atoms with van der Waals surface area (Å²) in [4.78, 5) is 5.29. The van der Waals surface area contributed by atoms with Gasteiger partial charge < -0.3 is 4.74 Å². The second-order valence-electron chi connectivity index (χ2n) is 5.12. The molecule has 0 fully saturated rings. The molecule has 2 aromatic heterocycles. The first-order valence-electron chi connectivity index (χ1n) is 6.93. The number of nitrogens with zero attached hydrogens (tertiary/aromatic N) is 4. The highest BCUT2D eigenvalue weighted by Gasteiger charge is 2.12. The van der Waals surface area contributed by atoms with Gasteiger partial charge in [0.05, 0.1) is 18.6 Å². The molecule has 22 heavy (non-hydrogen) atoms. The summed E-state index contributed by atoms with van der Waals surface area (Å²) in [6.07, 6.45) is 4.14. The summed E-state index contributed by atoms with van der Waals surface area (Å²) in [5, 5.41) is 7.99. The zero-order valence-electron chi connectivity index (χ0n) is 12.3. The van der Waals surface area contributed by atoms with Crippen molar-refractivity contribution < 1.29 is 9.13 Å². The molecule has 0 radical (unpaired) electrons. The smallest absolute Gasteiger partial charge is 0.217 e. The van der Waals surface area contributed by atoms with E-state index >= 15 is 0 Å². The van der Waals surface area contributed by atoms with Gasteiger partial charge in [-0.1, -0.05) is 26.0 Å². The lowest BCUT2D eigenvalue weighted by Crippen LogP contribution is -2.04. The topological polar surface area (TPSA) is 52.8 Å². The first kappa shape index (κ1) is 14.2. The van der Waals surface area contributed by atoms with Crippen molar-refractivity contribution >= 4 is 0 Å². The molecule has 0 unspecified atom stereocenters. The minimum absolute atomic E-state index is 0.258. The molecule has 5 nitrogen and oxygen atoms in total. The number of aromatic nitrogens is 4. The predicted molar refractivity (Wildman–Crippen MR) is 79.7 cm³/mol. The van der Waals surface area contributed by atoms with Crippen LogP contribution in [-0.2, 0) is 0 Å². The van der Waals surface area contributed by atoms with Crippen molar-refractivity contribution in [2.45, 2.75) is 19.8 Å². The van der Waals surface area contributed by atoms with Crippen LogP contribution in [0, 0.1) is 5.82 Å². The van der Waals surface area contributed by atoms with Crippen molar-refractivity contribution in [2.75, 3.05) is 0 Å². The summed E-state index contributed by atoms with van der Waals surface area (Å²) in [7, 11) is 0. The molecule has 0 N–H and O–H groups in total. The van der Waals surface area contributed by atoms with Crippen LogP contribution >= 0.6 is 0 Å². The molecule has 0 bridgehead atoms. The van der Waals surface area contributed by atoms with Gasteiger partial charge in [-0.2, -0.15) is 10.2 Å². The zero-order chi connectivity index (χ0) is 15.5. The van der Waals surface area contributed by atoms with Crippen molar-refractivity contribution in [3.8, 4) is 17.3 Å². The highest BCUT2D eigenvalue weighted by Crippen LogP contribution is 2.27. The van der Waals surface area contributed by atoms with Crippen LogP contribution in [0.5, 0.6) is 11.5 Å². The molecule has 1 aromatic carbocycles. The van der Waals surface area contributed by atoms with Gasteiger partial charge in [0.1, 0.15) is 11.6 Å². The van der Waals surface area contributed by atoms with Gasteiger partial charge in [0, 0.05) is 6.07 Å². The van der Waals surface area contributed by atoms with Crippen LogP contribution in [0.4, 0.5) is 4.39 Å². The van der Waals surface area contributed by atoms with Gasteiger partial charge in [-0.3, -0.25) is 0 Å². The van der Waals surface area contributed by atoms with E-state index in [9.17, 15) is 4.39 Å². The monoisotopic (exact) mass is 298 g/mol. The fourth-order valence-electron chi connectivity index (χ4n) is 2.01. The summed E-state index contributed by atoms with van der Waals surface area (Å²) in [5.74, 6) is 1.15. The lowest BCUT2D eigenvalue weighted by atomic mass is 10.0. The SMILES string of the molecule is CC(C)c1ccc(Oc2cc(F)cnc2-n2nccn2)cc1. The standard InChI is InChI=1S/C16H15FN4O/c1-11(2)12-3-5-14(6-4-12)22-15-9-13(17)10-18-16(15)21-19-7-8-20-21/h3-11H,1-2H3. The molecule has 0 aliphatic heterocycles. The molecule has 0 amide bonds. The van der Waals surface area contributed by atoms with E-state index in [-0.39, 0.29) is 5.75 Å². The summed E-state index contributed by atoms with van der Waals surface area (Å²) in [5.41, 5.74) is 1.21. The molecule has 2 heterocycles. The van der Waals surface area contributed by atoms with Crippen LogP contribution in [0.15, 0.2) is 48.9 Å². The van der Waals surface area contributed by atoms with Gasteiger partial charge in [0.15, 0.2) is 5.75 Å². The van der Waals surface area contributed by atoms with E-state index in [1.54, 1.807) is 0 Å². The normalized spacial score (nSPS) is 10.9. The van der Waals surface area contributed by atoms with E-state index in [0.29, 0.717) is 17.5 Å². The van der Waals surface area contributed by atoms with Crippen molar-refractivity contribution in [1.82, 2.24) is 20.0 Å². The highest BCUT2D eigenvalue weighted by atomic mass is 19.1. The molecule has 0 aliphatic rings. The number of hydrogen-bond acceptors (Lipinski definition) is 4. The average molecular weight is 298 g/mol. The first-order valence-corrected chi connectivity index (χ1v) is 6.93. The Kier molecular flexibility index (Phi) is 3.82. The van der Waals surface area contributed by atoms with Gasteiger partial charge >= 0.3 is 0 Å². The fourth-order valence-corrected chi connectivity index (χ4v) is 2.01. The zero-order valence-corrected chi connectivity index (χ0v) is 12.3. The molecule has 3 rings (SSSR count). The Bertz CT molecular complexity index is 754. The van der Waals surface area contributed by atoms with Crippen molar-refractivity contribution in [3.63, 3.8) is 0 Å². The molecular weight excluding hydrogens is 283 g/mol. The van der Waals surface area contributed by atoms with Crippen LogP contribution in [0.2, 0.25) is 0 Å². The van der Waals surface area contributed by atoms with Gasteiger partial charge in [0.2, 0.25) is 5.82 Å². The van der Waals surface area contributed by atoms with Crippen LogP contribution in [0.25, 0.3) is 5.82 Å². The van der Waals surface area contributed by atoms with E-state index < -0.39 is 5.82 Å². The van der Waals surface area contributed by atoms with Gasteiger partial charge in [-0.15, -0.1) is 4.80 Å². The number of hydrogen-bond donors (Lipinski definition) is 0. The van der Waals surface area contributed by atoms with E-state index in [0.717, 1.165) is 6.20 Å². The van der Waals surface area contributed by atoms with E-state index in [2.05, 4.69) is 29.0 Å². The Labute approximate surface area is 127 Å². The molecule has 0 saturated carbocycles. The van der Waals surface area contributed by atoms with E-state index in [4.69, 9.17) is 4.74 Å². The number of halogens is 1. The molecule has 112 valence electrons. The minimum Gasteiger partial charge on any atom is -0.453 e. The summed E-state index contributed by atoms with van der Waals surface area (Å²) in [6, 6.07) is 8.93. The maximum Gasteiger partial charge on any atom is 0.217 e. The Hall–Kier alpha value is -2.76. The van der Waals surface area contributed by atoms with Crippen LogP contribution < -0.4 is 4.74 Å². The highest BCUT2D eigenvalue weighted by molar-refractivity contribution is 5.42. The van der Waals surface area contributed by atoms with Crippen molar-refractivity contribution in [1.29, 1.82) is 0 Å². The Morgan fingerprint density at radius 1 is 1.09 bits per heavy atom. The number of benzene rings is 1. The van der Waals surface area contributed by atoms with Gasteiger partial charge in [-0.05, 0) is 23.6 Å². The number of rotatable bonds is 4. The van der Waals surface area contributed by atoms with Gasteiger partial charge in [0.25, 0.3) is 0 Å². The Morgan fingerprint density at radius 3 is 2.41 bits per heavy atom. The summed E-state index contributed by atoms with van der Waals surface area (Å²) < 4.78 is 19.2. The molecule has 0 spiro atoms. The summed E-state index contributed by atoms with van der Waals surface area (Å²) >= 11 is 0. The van der Waals surface area contributed by atoms with Crippen LogP contribution in [0.3, 0.4) is 0 Å². The molecule has 0 atom stereocenters. The first-order chi connectivity index (χ1) is 10.6. The average Bonchev–Trinajstić information content (AvgIpc) is 3.02.